The molecule has 1 heterocycles. The summed E-state index contributed by atoms with van der Waals surface area (Å²) in [7, 11) is 1.36. The van der Waals surface area contributed by atoms with Crippen LogP contribution in [0.25, 0.3) is 10.6 Å². The second-order valence-electron chi connectivity index (χ2n) is 6.77. The number of methoxy groups -OCH3 is 1. The minimum Gasteiger partial charge on any atom is -0.487 e. The maximum Gasteiger partial charge on any atom is 0.416 e. The number of aryl methyl sites for hydroxylation is 1. The summed E-state index contributed by atoms with van der Waals surface area (Å²) in [5.41, 5.74) is 2.39. The van der Waals surface area contributed by atoms with Gasteiger partial charge in [-0.1, -0.05) is 18.2 Å². The molecule has 3 aromatic rings. The lowest BCUT2D eigenvalue weighted by molar-refractivity contribution is -0.142. The van der Waals surface area contributed by atoms with Crippen molar-refractivity contribution in [3.63, 3.8) is 0 Å². The zero-order valence-electron chi connectivity index (χ0n) is 16.6. The van der Waals surface area contributed by atoms with E-state index >= 15 is 0 Å². The van der Waals surface area contributed by atoms with E-state index in [4.69, 9.17) is 9.47 Å². The number of hydrogen-bond acceptors (Lipinski definition) is 5. The number of ether oxygens (including phenoxy) is 2. The van der Waals surface area contributed by atoms with Gasteiger partial charge in [-0.05, 0) is 49.2 Å². The molecule has 0 saturated heterocycles. The third kappa shape index (κ3) is 4.99. The van der Waals surface area contributed by atoms with Crippen molar-refractivity contribution in [2.75, 3.05) is 7.11 Å². The van der Waals surface area contributed by atoms with E-state index in [1.807, 2.05) is 24.4 Å². The van der Waals surface area contributed by atoms with E-state index in [0.717, 1.165) is 23.3 Å². The average Bonchev–Trinajstić information content (AvgIpc) is 3.20. The number of thiazole rings is 1. The molecule has 8 heteroatoms. The molecule has 1 atom stereocenters. The number of aromatic nitrogens is 1. The molecular formula is C22H20F3NO3S. The van der Waals surface area contributed by atoms with E-state index in [2.05, 4.69) is 4.98 Å². The number of hydrogen-bond donors (Lipinski definition) is 0. The van der Waals surface area contributed by atoms with Crippen LogP contribution in [-0.2, 0) is 22.3 Å². The van der Waals surface area contributed by atoms with Crippen molar-refractivity contribution in [2.24, 2.45) is 0 Å². The number of benzene rings is 2. The second kappa shape index (κ2) is 8.87. The van der Waals surface area contributed by atoms with E-state index in [0.29, 0.717) is 22.0 Å². The standard InChI is InChI=1S/C22H20F3NO3S/c1-13-10-18(8-9-19(13)14(2)21(27)28-3)29-11-17-12-30-20(26-17)15-4-6-16(7-5-15)22(23,24)25/h4-10,12,14H,11H2,1-3H3. The Hall–Kier alpha value is -2.87. The van der Waals surface area contributed by atoms with Gasteiger partial charge in [-0.3, -0.25) is 4.79 Å². The van der Waals surface area contributed by atoms with E-state index < -0.39 is 11.7 Å². The van der Waals surface area contributed by atoms with Crippen LogP contribution in [0.3, 0.4) is 0 Å². The highest BCUT2D eigenvalue weighted by Crippen LogP contribution is 2.32. The summed E-state index contributed by atoms with van der Waals surface area (Å²) in [6, 6.07) is 10.4. The van der Waals surface area contributed by atoms with Crippen LogP contribution in [0.4, 0.5) is 13.2 Å². The summed E-state index contributed by atoms with van der Waals surface area (Å²) >= 11 is 1.34. The zero-order chi connectivity index (χ0) is 21.9. The van der Waals surface area contributed by atoms with E-state index in [1.165, 1.54) is 30.6 Å². The van der Waals surface area contributed by atoms with Gasteiger partial charge in [0.05, 0.1) is 24.3 Å². The molecule has 0 aliphatic rings. The van der Waals surface area contributed by atoms with Gasteiger partial charge in [0.1, 0.15) is 17.4 Å². The molecule has 0 N–H and O–H groups in total. The molecule has 1 aromatic heterocycles. The smallest absolute Gasteiger partial charge is 0.416 e. The van der Waals surface area contributed by atoms with Gasteiger partial charge in [-0.2, -0.15) is 13.2 Å². The lowest BCUT2D eigenvalue weighted by Crippen LogP contribution is -2.12. The molecule has 0 bridgehead atoms. The van der Waals surface area contributed by atoms with Gasteiger partial charge >= 0.3 is 12.1 Å². The van der Waals surface area contributed by atoms with Crippen LogP contribution >= 0.6 is 11.3 Å². The van der Waals surface area contributed by atoms with Crippen LogP contribution in [-0.4, -0.2) is 18.1 Å². The monoisotopic (exact) mass is 435 g/mol. The van der Waals surface area contributed by atoms with Crippen molar-refractivity contribution < 1.29 is 27.4 Å². The number of esters is 1. The number of carbonyl (C=O) groups is 1. The number of rotatable bonds is 6. The highest BCUT2D eigenvalue weighted by atomic mass is 32.1. The predicted octanol–water partition coefficient (Wildman–Crippen LogP) is 5.99. The third-order valence-corrected chi connectivity index (χ3v) is 5.60. The van der Waals surface area contributed by atoms with E-state index in [1.54, 1.807) is 13.0 Å². The number of alkyl halides is 3. The summed E-state index contributed by atoms with van der Waals surface area (Å²) in [5.74, 6) is -0.0312. The summed E-state index contributed by atoms with van der Waals surface area (Å²) in [6.45, 7) is 3.91. The Morgan fingerprint density at radius 3 is 2.47 bits per heavy atom. The molecule has 0 amide bonds. The van der Waals surface area contributed by atoms with Gasteiger partial charge in [0, 0.05) is 10.9 Å². The van der Waals surface area contributed by atoms with Crippen molar-refractivity contribution in [1.29, 1.82) is 0 Å². The Morgan fingerprint density at radius 2 is 1.87 bits per heavy atom. The summed E-state index contributed by atoms with van der Waals surface area (Å²) < 4.78 is 48.6. The van der Waals surface area contributed by atoms with Gasteiger partial charge in [0.25, 0.3) is 0 Å². The number of halogens is 3. The largest absolute Gasteiger partial charge is 0.487 e. The minimum absolute atomic E-state index is 0.225. The Kier molecular flexibility index (Phi) is 6.45. The topological polar surface area (TPSA) is 48.4 Å². The molecule has 158 valence electrons. The SMILES string of the molecule is COC(=O)C(C)c1ccc(OCc2csc(-c3ccc(C(F)(F)F)cc3)n2)cc1C. The van der Waals surface area contributed by atoms with Gasteiger partial charge in [0.2, 0.25) is 0 Å². The highest BCUT2D eigenvalue weighted by Gasteiger charge is 2.30. The fourth-order valence-electron chi connectivity index (χ4n) is 2.99. The molecule has 0 radical (unpaired) electrons. The van der Waals surface area contributed by atoms with Gasteiger partial charge in [0.15, 0.2) is 0 Å². The number of nitrogens with zero attached hydrogens (tertiary/aromatic N) is 1. The average molecular weight is 435 g/mol. The maximum absolute atomic E-state index is 12.7. The molecule has 2 aromatic carbocycles. The molecular weight excluding hydrogens is 415 g/mol. The Morgan fingerprint density at radius 1 is 1.17 bits per heavy atom. The predicted molar refractivity (Wildman–Crippen MR) is 108 cm³/mol. The van der Waals surface area contributed by atoms with Crippen LogP contribution in [0.5, 0.6) is 5.75 Å². The van der Waals surface area contributed by atoms with Gasteiger partial charge in [-0.15, -0.1) is 11.3 Å². The zero-order valence-corrected chi connectivity index (χ0v) is 17.4. The molecule has 0 aliphatic carbocycles. The fourth-order valence-corrected chi connectivity index (χ4v) is 3.80. The lowest BCUT2D eigenvalue weighted by Gasteiger charge is -2.14. The quantitative estimate of drug-likeness (QED) is 0.446. The number of carbonyl (C=O) groups excluding carboxylic acids is 1. The Labute approximate surface area is 176 Å². The van der Waals surface area contributed by atoms with Crippen LogP contribution < -0.4 is 4.74 Å². The first kappa shape index (κ1) is 21.8. The summed E-state index contributed by atoms with van der Waals surface area (Å²) in [6.07, 6.45) is -4.36. The van der Waals surface area contributed by atoms with Crippen LogP contribution in [0.15, 0.2) is 47.8 Å². The highest BCUT2D eigenvalue weighted by molar-refractivity contribution is 7.13. The molecule has 0 spiro atoms. The molecule has 4 nitrogen and oxygen atoms in total. The molecule has 30 heavy (non-hydrogen) atoms. The van der Waals surface area contributed by atoms with Crippen molar-refractivity contribution in [1.82, 2.24) is 4.98 Å². The van der Waals surface area contributed by atoms with Crippen molar-refractivity contribution >= 4 is 17.3 Å². The van der Waals surface area contributed by atoms with Gasteiger partial charge in [-0.25, -0.2) is 4.98 Å². The van der Waals surface area contributed by atoms with Crippen LogP contribution in [0, 0.1) is 6.92 Å². The summed E-state index contributed by atoms with van der Waals surface area (Å²) in [4.78, 5) is 16.2. The van der Waals surface area contributed by atoms with Gasteiger partial charge < -0.3 is 9.47 Å². The third-order valence-electron chi connectivity index (χ3n) is 4.66. The van der Waals surface area contributed by atoms with Crippen molar-refractivity contribution in [2.45, 2.75) is 32.5 Å². The maximum atomic E-state index is 12.7. The van der Waals surface area contributed by atoms with E-state index in [-0.39, 0.29) is 18.5 Å². The first-order chi connectivity index (χ1) is 14.2. The molecule has 3 rings (SSSR count). The van der Waals surface area contributed by atoms with Crippen LogP contribution in [0.1, 0.15) is 35.2 Å². The molecule has 0 aliphatic heterocycles. The normalized spacial score (nSPS) is 12.5. The first-order valence-corrected chi connectivity index (χ1v) is 10.00. The second-order valence-corrected chi connectivity index (χ2v) is 7.63. The van der Waals surface area contributed by atoms with Crippen molar-refractivity contribution in [3.05, 3.63) is 70.2 Å². The Bertz CT molecular complexity index is 1030. The minimum atomic E-state index is -4.36. The Balaban J connectivity index is 1.66. The molecule has 0 fully saturated rings. The first-order valence-electron chi connectivity index (χ1n) is 9.12. The molecule has 0 saturated carbocycles. The fraction of sp³-hybridized carbons (Fsp3) is 0.273. The van der Waals surface area contributed by atoms with E-state index in [9.17, 15) is 18.0 Å². The lowest BCUT2D eigenvalue weighted by atomic mass is 9.96. The van der Waals surface area contributed by atoms with Crippen molar-refractivity contribution in [3.8, 4) is 16.3 Å². The van der Waals surface area contributed by atoms with Crippen LogP contribution in [0.2, 0.25) is 0 Å². The molecule has 1 unspecified atom stereocenters. The summed E-state index contributed by atoms with van der Waals surface area (Å²) in [5, 5.41) is 2.44.